The molecule has 15 heavy (non-hydrogen) atoms. The van der Waals surface area contributed by atoms with Crippen LogP contribution in [-0.4, -0.2) is 29.9 Å². The van der Waals surface area contributed by atoms with Crippen LogP contribution in [0.1, 0.15) is 20.8 Å². The smallest absolute Gasteiger partial charge is 0.240 e. The predicted octanol–water partition coefficient (Wildman–Crippen LogP) is 1.56. The largest absolute Gasteiger partial charge is 0.334 e. The van der Waals surface area contributed by atoms with Crippen molar-refractivity contribution in [2.45, 2.75) is 26.8 Å². The van der Waals surface area contributed by atoms with Gasteiger partial charge in [0, 0.05) is 13.1 Å². The molecule has 0 aromatic rings. The Morgan fingerprint density at radius 1 is 1.33 bits per heavy atom. The summed E-state index contributed by atoms with van der Waals surface area (Å²) in [5.41, 5.74) is 5.67. The predicted molar refractivity (Wildman–Crippen MR) is 64.4 cm³/mol. The van der Waals surface area contributed by atoms with Crippen LogP contribution in [0, 0.1) is 5.41 Å². The van der Waals surface area contributed by atoms with E-state index >= 15 is 0 Å². The van der Waals surface area contributed by atoms with Crippen molar-refractivity contribution in [3.8, 4) is 0 Å². The third-order valence-electron chi connectivity index (χ3n) is 2.21. The van der Waals surface area contributed by atoms with E-state index in [1.54, 1.807) is 17.1 Å². The van der Waals surface area contributed by atoms with Gasteiger partial charge in [0.15, 0.2) is 0 Å². The molecular formula is C12H22N2O. The number of amides is 1. The van der Waals surface area contributed by atoms with Crippen molar-refractivity contribution in [3.63, 3.8) is 0 Å². The first-order valence-electron chi connectivity index (χ1n) is 5.10. The van der Waals surface area contributed by atoms with Crippen LogP contribution in [-0.2, 0) is 4.79 Å². The summed E-state index contributed by atoms with van der Waals surface area (Å²) in [6, 6.07) is -0.489. The Labute approximate surface area is 92.6 Å². The van der Waals surface area contributed by atoms with E-state index in [0.717, 1.165) is 0 Å². The number of carbonyl (C=O) groups excluding carboxylic acids is 1. The van der Waals surface area contributed by atoms with Gasteiger partial charge in [0.05, 0.1) is 6.04 Å². The summed E-state index contributed by atoms with van der Waals surface area (Å²) >= 11 is 0. The third kappa shape index (κ3) is 4.30. The maximum absolute atomic E-state index is 12.0. The highest BCUT2D eigenvalue weighted by Crippen LogP contribution is 2.19. The van der Waals surface area contributed by atoms with E-state index in [9.17, 15) is 4.79 Å². The number of hydrogen-bond acceptors (Lipinski definition) is 2. The zero-order chi connectivity index (χ0) is 12.1. The van der Waals surface area contributed by atoms with Gasteiger partial charge in [-0.25, -0.2) is 0 Å². The molecule has 1 amide bonds. The van der Waals surface area contributed by atoms with Crippen molar-refractivity contribution in [2.75, 3.05) is 13.1 Å². The van der Waals surface area contributed by atoms with Gasteiger partial charge in [-0.05, 0) is 5.41 Å². The summed E-state index contributed by atoms with van der Waals surface area (Å²) in [6.45, 7) is 14.1. The van der Waals surface area contributed by atoms with E-state index in [4.69, 9.17) is 5.73 Å². The first-order valence-corrected chi connectivity index (χ1v) is 5.10. The Hall–Kier alpha value is -1.09. The minimum Gasteiger partial charge on any atom is -0.334 e. The third-order valence-corrected chi connectivity index (χ3v) is 2.21. The van der Waals surface area contributed by atoms with Crippen LogP contribution in [0.4, 0.5) is 0 Å². The van der Waals surface area contributed by atoms with Crippen molar-refractivity contribution >= 4 is 5.91 Å². The minimum absolute atomic E-state index is 0.0534. The summed E-state index contributed by atoms with van der Waals surface area (Å²) in [6.07, 6.45) is 3.38. The van der Waals surface area contributed by atoms with E-state index in [1.807, 2.05) is 20.8 Å². The van der Waals surface area contributed by atoms with E-state index < -0.39 is 6.04 Å². The van der Waals surface area contributed by atoms with E-state index in [1.165, 1.54) is 0 Å². The fourth-order valence-corrected chi connectivity index (χ4v) is 1.13. The standard InChI is InChI=1S/C12H22N2O/c1-6-8-14(9-7-2)11(15)10(13)12(3,4)5/h6-7,10H,1-2,8-9,13H2,3-5H3/t10-/m0/s1. The molecule has 0 saturated heterocycles. The molecule has 86 valence electrons. The van der Waals surface area contributed by atoms with Crippen LogP contribution < -0.4 is 5.73 Å². The quantitative estimate of drug-likeness (QED) is 0.700. The normalized spacial score (nSPS) is 13.1. The summed E-state index contributed by atoms with van der Waals surface area (Å²) in [4.78, 5) is 13.6. The molecule has 0 spiro atoms. The molecule has 0 aromatic carbocycles. The molecule has 0 aliphatic carbocycles. The lowest BCUT2D eigenvalue weighted by Crippen LogP contribution is -2.50. The second kappa shape index (κ2) is 5.71. The SMILES string of the molecule is C=CCN(CC=C)C(=O)[C@H](N)C(C)(C)C. The molecule has 0 aliphatic rings. The molecule has 0 unspecified atom stereocenters. The van der Waals surface area contributed by atoms with Crippen LogP contribution in [0.15, 0.2) is 25.3 Å². The second-order valence-electron chi connectivity index (χ2n) is 4.66. The molecule has 0 aromatic heterocycles. The molecule has 1 atom stereocenters. The van der Waals surface area contributed by atoms with E-state index in [-0.39, 0.29) is 11.3 Å². The number of rotatable bonds is 5. The van der Waals surface area contributed by atoms with Gasteiger partial charge < -0.3 is 10.6 Å². The monoisotopic (exact) mass is 210 g/mol. The number of hydrogen-bond donors (Lipinski definition) is 1. The molecule has 3 heteroatoms. The highest BCUT2D eigenvalue weighted by atomic mass is 16.2. The summed E-state index contributed by atoms with van der Waals surface area (Å²) in [5.74, 6) is -0.0534. The zero-order valence-electron chi connectivity index (χ0n) is 9.99. The Morgan fingerprint density at radius 3 is 2.00 bits per heavy atom. The van der Waals surface area contributed by atoms with Crippen molar-refractivity contribution in [3.05, 3.63) is 25.3 Å². The summed E-state index contributed by atoms with van der Waals surface area (Å²) in [5, 5.41) is 0. The van der Waals surface area contributed by atoms with Crippen molar-refractivity contribution in [2.24, 2.45) is 11.1 Å². The zero-order valence-corrected chi connectivity index (χ0v) is 9.99. The summed E-state index contributed by atoms with van der Waals surface area (Å²) < 4.78 is 0. The number of nitrogens with two attached hydrogens (primary N) is 1. The van der Waals surface area contributed by atoms with Crippen LogP contribution in [0.5, 0.6) is 0 Å². The molecule has 0 bridgehead atoms. The van der Waals surface area contributed by atoms with Gasteiger partial charge in [-0.15, -0.1) is 13.2 Å². The topological polar surface area (TPSA) is 46.3 Å². The lowest BCUT2D eigenvalue weighted by molar-refractivity contribution is -0.133. The van der Waals surface area contributed by atoms with Gasteiger partial charge in [-0.3, -0.25) is 4.79 Å². The Kier molecular flexibility index (Phi) is 5.29. The van der Waals surface area contributed by atoms with Crippen molar-refractivity contribution in [1.82, 2.24) is 4.90 Å². The molecule has 0 heterocycles. The average Bonchev–Trinajstić information content (AvgIpc) is 2.14. The fourth-order valence-electron chi connectivity index (χ4n) is 1.13. The first kappa shape index (κ1) is 13.9. The fraction of sp³-hybridized carbons (Fsp3) is 0.583. The van der Waals surface area contributed by atoms with Gasteiger partial charge in [0.2, 0.25) is 5.91 Å². The lowest BCUT2D eigenvalue weighted by atomic mass is 9.86. The van der Waals surface area contributed by atoms with Crippen LogP contribution >= 0.6 is 0 Å². The van der Waals surface area contributed by atoms with Crippen molar-refractivity contribution < 1.29 is 4.79 Å². The first-order chi connectivity index (χ1) is 6.84. The van der Waals surface area contributed by atoms with Gasteiger partial charge in [0.1, 0.15) is 0 Å². The molecule has 2 N–H and O–H groups in total. The number of nitrogens with zero attached hydrogens (tertiary/aromatic N) is 1. The average molecular weight is 210 g/mol. The Balaban J connectivity index is 4.62. The molecule has 0 fully saturated rings. The van der Waals surface area contributed by atoms with Crippen LogP contribution in [0.3, 0.4) is 0 Å². The van der Waals surface area contributed by atoms with E-state index in [2.05, 4.69) is 13.2 Å². The van der Waals surface area contributed by atoms with Crippen molar-refractivity contribution in [1.29, 1.82) is 0 Å². The summed E-state index contributed by atoms with van der Waals surface area (Å²) in [7, 11) is 0. The molecule has 0 rings (SSSR count). The van der Waals surface area contributed by atoms with Crippen LogP contribution in [0.25, 0.3) is 0 Å². The lowest BCUT2D eigenvalue weighted by Gasteiger charge is -2.31. The maximum Gasteiger partial charge on any atom is 0.240 e. The Morgan fingerprint density at radius 2 is 1.73 bits per heavy atom. The van der Waals surface area contributed by atoms with Gasteiger partial charge in [0.25, 0.3) is 0 Å². The van der Waals surface area contributed by atoms with Crippen LogP contribution in [0.2, 0.25) is 0 Å². The highest BCUT2D eigenvalue weighted by Gasteiger charge is 2.30. The highest BCUT2D eigenvalue weighted by molar-refractivity contribution is 5.82. The number of carbonyl (C=O) groups is 1. The van der Waals surface area contributed by atoms with Gasteiger partial charge >= 0.3 is 0 Å². The molecule has 3 nitrogen and oxygen atoms in total. The second-order valence-corrected chi connectivity index (χ2v) is 4.66. The maximum atomic E-state index is 12.0. The van der Waals surface area contributed by atoms with Gasteiger partial charge in [-0.1, -0.05) is 32.9 Å². The van der Waals surface area contributed by atoms with E-state index in [0.29, 0.717) is 13.1 Å². The molecular weight excluding hydrogens is 188 g/mol. The van der Waals surface area contributed by atoms with Gasteiger partial charge in [-0.2, -0.15) is 0 Å². The molecule has 0 radical (unpaired) electrons. The molecule has 0 aliphatic heterocycles. The molecule has 0 saturated carbocycles. The minimum atomic E-state index is -0.489. The Bertz CT molecular complexity index is 230.